The molecule has 0 aromatic heterocycles. The normalized spacial score (nSPS) is 10.2. The summed E-state index contributed by atoms with van der Waals surface area (Å²) in [5, 5.41) is 0. The van der Waals surface area contributed by atoms with Crippen molar-refractivity contribution in [3.05, 3.63) is 103 Å². The van der Waals surface area contributed by atoms with Crippen LogP contribution in [0.15, 0.2) is 97.9 Å². The molecule has 3 aromatic carbocycles. The summed E-state index contributed by atoms with van der Waals surface area (Å²) in [5.74, 6) is -1.56. The Morgan fingerprint density at radius 1 is 0.675 bits per heavy atom. The van der Waals surface area contributed by atoms with Gasteiger partial charge in [-0.3, -0.25) is 0 Å². The zero-order valence-corrected chi connectivity index (χ0v) is 21.8. The first-order valence-electron chi connectivity index (χ1n) is 12.4. The summed E-state index contributed by atoms with van der Waals surface area (Å²) in [6.07, 6.45) is 2.26. The molecule has 8 nitrogen and oxygen atoms in total. The van der Waals surface area contributed by atoms with Crippen molar-refractivity contribution in [2.75, 3.05) is 26.4 Å². The highest BCUT2D eigenvalue weighted by Crippen LogP contribution is 2.25. The van der Waals surface area contributed by atoms with Crippen molar-refractivity contribution in [1.82, 2.24) is 0 Å². The lowest BCUT2D eigenvalue weighted by molar-refractivity contribution is -0.141. The van der Waals surface area contributed by atoms with Crippen LogP contribution in [0.5, 0.6) is 17.2 Å². The molecule has 0 N–H and O–H groups in total. The van der Waals surface area contributed by atoms with Gasteiger partial charge in [0, 0.05) is 6.08 Å². The van der Waals surface area contributed by atoms with Crippen molar-refractivity contribution in [2.45, 2.75) is 12.8 Å². The van der Waals surface area contributed by atoms with E-state index in [1.54, 1.807) is 36.4 Å². The van der Waals surface area contributed by atoms with Crippen LogP contribution in [0.25, 0.3) is 11.1 Å². The minimum Gasteiger partial charge on any atom is -0.494 e. The molecule has 0 saturated heterocycles. The van der Waals surface area contributed by atoms with Gasteiger partial charge in [-0.05, 0) is 72.5 Å². The number of rotatable bonds is 15. The van der Waals surface area contributed by atoms with Gasteiger partial charge in [-0.15, -0.1) is 0 Å². The molecule has 0 spiro atoms. The van der Waals surface area contributed by atoms with Crippen molar-refractivity contribution in [3.63, 3.8) is 0 Å². The first kappa shape index (κ1) is 29.6. The Kier molecular flexibility index (Phi) is 11.5. The Morgan fingerprint density at radius 2 is 1.20 bits per heavy atom. The van der Waals surface area contributed by atoms with E-state index < -0.39 is 23.7 Å². The first-order chi connectivity index (χ1) is 19.4. The maximum atomic E-state index is 12.5. The van der Waals surface area contributed by atoms with Gasteiger partial charge >= 0.3 is 17.9 Å². The lowest BCUT2D eigenvalue weighted by Gasteiger charge is -2.09. The summed E-state index contributed by atoms with van der Waals surface area (Å²) < 4.78 is 38.7. The van der Waals surface area contributed by atoms with E-state index in [1.807, 2.05) is 36.4 Å². The van der Waals surface area contributed by atoms with Gasteiger partial charge in [-0.2, -0.15) is 4.39 Å². The van der Waals surface area contributed by atoms with Crippen LogP contribution in [0.2, 0.25) is 0 Å². The van der Waals surface area contributed by atoms with Crippen molar-refractivity contribution in [3.8, 4) is 28.4 Å². The van der Waals surface area contributed by atoms with E-state index in [4.69, 9.17) is 18.9 Å². The van der Waals surface area contributed by atoms with E-state index in [2.05, 4.69) is 17.9 Å². The van der Waals surface area contributed by atoms with E-state index in [1.165, 1.54) is 0 Å². The number of unbranched alkanes of at least 4 members (excludes halogenated alkanes) is 1. The van der Waals surface area contributed by atoms with Crippen molar-refractivity contribution < 1.29 is 42.5 Å². The van der Waals surface area contributed by atoms with Gasteiger partial charge in [0.2, 0.25) is 5.83 Å². The van der Waals surface area contributed by atoms with Crippen LogP contribution in [-0.4, -0.2) is 44.3 Å². The van der Waals surface area contributed by atoms with E-state index in [-0.39, 0.29) is 19.8 Å². The fraction of sp³-hybridized carbons (Fsp3) is 0.194. The molecular formula is C31H29FO8. The van der Waals surface area contributed by atoms with E-state index >= 15 is 0 Å². The van der Waals surface area contributed by atoms with Crippen LogP contribution in [0, 0.1) is 0 Å². The number of hydrogen-bond donors (Lipinski definition) is 0. The lowest BCUT2D eigenvalue weighted by atomic mass is 10.1. The fourth-order valence-electron chi connectivity index (χ4n) is 3.31. The summed E-state index contributed by atoms with van der Waals surface area (Å²) in [6.45, 7) is 6.99. The SMILES string of the molecule is C=CC(=O)OCCOc1ccc(C(=O)Oc2ccc(-c3ccc(OCCCCOC(=O)C(=C)F)cc3)cc2)cc1. The van der Waals surface area contributed by atoms with Crippen molar-refractivity contribution in [2.24, 2.45) is 0 Å². The number of esters is 3. The van der Waals surface area contributed by atoms with E-state index in [0.717, 1.165) is 17.2 Å². The molecule has 0 amide bonds. The molecule has 9 heteroatoms. The Balaban J connectivity index is 1.41. The van der Waals surface area contributed by atoms with Gasteiger partial charge < -0.3 is 23.7 Å². The number of benzene rings is 3. The molecule has 208 valence electrons. The molecule has 0 aliphatic carbocycles. The predicted molar refractivity (Wildman–Crippen MR) is 146 cm³/mol. The van der Waals surface area contributed by atoms with Crippen LogP contribution < -0.4 is 14.2 Å². The zero-order chi connectivity index (χ0) is 28.7. The molecule has 0 atom stereocenters. The molecule has 0 fully saturated rings. The second-order valence-corrected chi connectivity index (χ2v) is 8.28. The molecule has 0 bridgehead atoms. The quantitative estimate of drug-likeness (QED) is 0.101. The smallest absolute Gasteiger partial charge is 0.366 e. The number of hydrogen-bond acceptors (Lipinski definition) is 8. The summed E-state index contributed by atoms with van der Waals surface area (Å²) in [4.78, 5) is 34.5. The average Bonchev–Trinajstić information content (AvgIpc) is 2.97. The Morgan fingerprint density at radius 3 is 1.77 bits per heavy atom. The minimum absolute atomic E-state index is 0.0887. The van der Waals surface area contributed by atoms with E-state index in [9.17, 15) is 18.8 Å². The number of carbonyl (C=O) groups excluding carboxylic acids is 3. The van der Waals surface area contributed by atoms with Gasteiger partial charge in [0.25, 0.3) is 0 Å². The highest BCUT2D eigenvalue weighted by molar-refractivity contribution is 5.91. The maximum Gasteiger partial charge on any atom is 0.366 e. The van der Waals surface area contributed by atoms with Crippen molar-refractivity contribution in [1.29, 1.82) is 0 Å². The molecule has 0 unspecified atom stereocenters. The van der Waals surface area contributed by atoms with E-state index in [0.29, 0.717) is 42.3 Å². The lowest BCUT2D eigenvalue weighted by Crippen LogP contribution is -2.11. The molecule has 0 heterocycles. The summed E-state index contributed by atoms with van der Waals surface area (Å²) in [5.41, 5.74) is 2.25. The molecular weight excluding hydrogens is 519 g/mol. The number of carbonyl (C=O) groups is 3. The number of halogens is 1. The topological polar surface area (TPSA) is 97.4 Å². The van der Waals surface area contributed by atoms with Crippen LogP contribution in [-0.2, 0) is 19.1 Å². The summed E-state index contributed by atoms with van der Waals surface area (Å²) >= 11 is 0. The maximum absolute atomic E-state index is 12.5. The van der Waals surface area contributed by atoms with Crippen LogP contribution in [0.4, 0.5) is 4.39 Å². The highest BCUT2D eigenvalue weighted by atomic mass is 19.1. The summed E-state index contributed by atoms with van der Waals surface area (Å²) in [6, 6.07) is 21.1. The third-order valence-corrected chi connectivity index (χ3v) is 5.37. The van der Waals surface area contributed by atoms with Crippen LogP contribution in [0.1, 0.15) is 23.2 Å². The zero-order valence-electron chi connectivity index (χ0n) is 21.8. The second-order valence-electron chi connectivity index (χ2n) is 8.28. The second kappa shape index (κ2) is 15.5. The average molecular weight is 549 g/mol. The molecule has 40 heavy (non-hydrogen) atoms. The van der Waals surface area contributed by atoms with Crippen LogP contribution >= 0.6 is 0 Å². The predicted octanol–water partition coefficient (Wildman–Crippen LogP) is 5.87. The molecule has 3 aromatic rings. The van der Waals surface area contributed by atoms with Gasteiger partial charge in [-0.1, -0.05) is 37.4 Å². The van der Waals surface area contributed by atoms with Gasteiger partial charge in [0.05, 0.1) is 18.8 Å². The number of ether oxygens (including phenoxy) is 5. The molecule has 0 saturated carbocycles. The van der Waals surface area contributed by atoms with Crippen molar-refractivity contribution >= 4 is 17.9 Å². The first-order valence-corrected chi connectivity index (χ1v) is 12.4. The third-order valence-electron chi connectivity index (χ3n) is 5.37. The Hall–Kier alpha value is -4.92. The van der Waals surface area contributed by atoms with Gasteiger partial charge in [0.1, 0.15) is 30.5 Å². The molecule has 3 rings (SSSR count). The summed E-state index contributed by atoms with van der Waals surface area (Å²) in [7, 11) is 0. The Bertz CT molecular complexity index is 1300. The fourth-order valence-corrected chi connectivity index (χ4v) is 3.31. The van der Waals surface area contributed by atoms with Gasteiger partial charge in [0.15, 0.2) is 0 Å². The third kappa shape index (κ3) is 9.75. The standard InChI is InChI=1S/C31H29FO8/c1-3-29(33)38-21-20-37-27-14-10-25(11-15-27)31(35)40-28-16-8-24(9-17-28)23-6-12-26(13-7-23)36-18-4-5-19-39-30(34)22(2)32/h3,6-17H,1-2,4-5,18-21H2. The van der Waals surface area contributed by atoms with Crippen LogP contribution in [0.3, 0.4) is 0 Å². The highest BCUT2D eigenvalue weighted by Gasteiger charge is 2.10. The largest absolute Gasteiger partial charge is 0.494 e. The minimum atomic E-state index is -1.11. The molecule has 0 aliphatic rings. The molecule has 0 aliphatic heterocycles. The monoisotopic (exact) mass is 548 g/mol. The Labute approximate surface area is 231 Å². The van der Waals surface area contributed by atoms with Gasteiger partial charge in [-0.25, -0.2) is 14.4 Å². The molecule has 0 radical (unpaired) electrons.